The normalized spacial score (nSPS) is 25.1. The molecule has 0 bridgehead atoms. The van der Waals surface area contributed by atoms with E-state index in [0.717, 1.165) is 6.92 Å². The summed E-state index contributed by atoms with van der Waals surface area (Å²) in [5, 5.41) is 13.5. The first-order chi connectivity index (χ1) is 20.3. The summed E-state index contributed by atoms with van der Waals surface area (Å²) in [6.45, 7) is 5.12. The summed E-state index contributed by atoms with van der Waals surface area (Å²) in [5.41, 5.74) is 3.66. The van der Waals surface area contributed by atoms with Crippen LogP contribution in [-0.2, 0) is 23.4 Å². The third-order valence-corrected chi connectivity index (χ3v) is 8.24. The van der Waals surface area contributed by atoms with Crippen LogP contribution in [0.15, 0.2) is 24.5 Å². The number of aliphatic hydroxyl groups is 1. The van der Waals surface area contributed by atoms with Gasteiger partial charge in [-0.05, 0) is 39.8 Å². The molecule has 18 heteroatoms. The fourth-order valence-corrected chi connectivity index (χ4v) is 6.07. The van der Waals surface area contributed by atoms with Crippen LogP contribution in [0.3, 0.4) is 0 Å². The van der Waals surface area contributed by atoms with Crippen LogP contribution in [0.4, 0.5) is 10.3 Å². The first-order valence-corrected chi connectivity index (χ1v) is 14.7. The number of aromatic nitrogens is 4. The van der Waals surface area contributed by atoms with Crippen LogP contribution in [-0.4, -0.2) is 81.1 Å². The molecule has 3 aromatic rings. The average molecular weight is 627 g/mol. The van der Waals surface area contributed by atoms with Gasteiger partial charge >= 0.3 is 13.7 Å². The number of methoxy groups -OCH3 is 1. The molecule has 43 heavy (non-hydrogen) atoms. The van der Waals surface area contributed by atoms with Crippen molar-refractivity contribution >= 4 is 30.8 Å². The van der Waals surface area contributed by atoms with Gasteiger partial charge < -0.3 is 39.0 Å². The number of halogens is 1. The summed E-state index contributed by atoms with van der Waals surface area (Å²) in [7, 11) is -3.09. The fourth-order valence-electron chi connectivity index (χ4n) is 4.56. The van der Waals surface area contributed by atoms with Crippen molar-refractivity contribution < 1.29 is 51.6 Å². The minimum atomic E-state index is -4.46. The van der Waals surface area contributed by atoms with E-state index in [1.807, 2.05) is 0 Å². The molecule has 0 aliphatic carbocycles. The van der Waals surface area contributed by atoms with E-state index >= 15 is 4.39 Å². The van der Waals surface area contributed by atoms with Crippen molar-refractivity contribution in [3.05, 3.63) is 24.5 Å². The minimum Gasteiger partial charge on any atom is -0.479 e. The van der Waals surface area contributed by atoms with Crippen molar-refractivity contribution in [1.82, 2.24) is 24.6 Å². The molecule has 1 saturated heterocycles. The van der Waals surface area contributed by atoms with E-state index in [0.29, 0.717) is 5.75 Å². The van der Waals surface area contributed by atoms with E-state index < -0.39 is 56.6 Å². The van der Waals surface area contributed by atoms with E-state index in [1.165, 1.54) is 31.0 Å². The Balaban J connectivity index is 1.39. The molecule has 4 heterocycles. The van der Waals surface area contributed by atoms with E-state index in [2.05, 4.69) is 20.0 Å². The largest absolute Gasteiger partial charge is 0.479 e. The Hall–Kier alpha value is -3.76. The van der Waals surface area contributed by atoms with Crippen LogP contribution >= 0.6 is 7.75 Å². The Morgan fingerprint density at radius 1 is 1.33 bits per heavy atom. The summed E-state index contributed by atoms with van der Waals surface area (Å²) in [4.78, 5) is 24.8. The number of carbonyl (C=O) groups is 1. The second-order valence-corrected chi connectivity index (χ2v) is 11.9. The van der Waals surface area contributed by atoms with Gasteiger partial charge in [-0.2, -0.15) is 15.1 Å². The molecule has 0 amide bonds. The molecule has 4 N–H and O–H groups in total. The molecular formula is C25H32FN6O10P. The standard InChI is InChI=1S/C25H32FN6O10P/c1-12(2)40-22(34)13(3)31-43(35,42-15-8-6-7-14-18(15)38-11-37-14)39-9-16-19(33)25(4,26)23(41-16)32-10-28-17-20(32)29-24(27)30-21(17)36-5/h6-8,10,12-13,16,19,23,33H,9,11H2,1-5H3,(H,31,35)(H2,27,29,30)/t13-,16+,19+,23+,25+,43+/m0/s1. The first kappa shape index (κ1) is 30.7. The molecule has 0 unspecified atom stereocenters. The summed E-state index contributed by atoms with van der Waals surface area (Å²) < 4.78 is 69.7. The van der Waals surface area contributed by atoms with Gasteiger partial charge in [0.15, 0.2) is 34.6 Å². The van der Waals surface area contributed by atoms with Gasteiger partial charge in [0, 0.05) is 0 Å². The molecule has 16 nitrogen and oxygen atoms in total. The SMILES string of the molecule is COc1nc(N)nc2c1ncn2[C@@H]1O[C@H](CO[P@](=O)(N[C@@H](C)C(=O)OC(C)C)Oc2cccc3c2OCO3)[C@@H](O)[C@@]1(C)F. The summed E-state index contributed by atoms with van der Waals surface area (Å²) in [6, 6.07) is 3.50. The van der Waals surface area contributed by atoms with Crippen LogP contribution < -0.4 is 29.6 Å². The Morgan fingerprint density at radius 2 is 2.09 bits per heavy atom. The van der Waals surface area contributed by atoms with Gasteiger partial charge in [-0.25, -0.2) is 13.9 Å². The Bertz CT molecular complexity index is 1550. The number of benzene rings is 1. The number of nitrogens with one attached hydrogen (secondary N) is 1. The zero-order valence-electron chi connectivity index (χ0n) is 23.9. The van der Waals surface area contributed by atoms with Crippen molar-refractivity contribution in [3.63, 3.8) is 0 Å². The van der Waals surface area contributed by atoms with Crippen molar-refractivity contribution in [2.45, 2.75) is 63.9 Å². The molecular weight excluding hydrogens is 594 g/mol. The molecule has 2 aliphatic rings. The Kier molecular flexibility index (Phi) is 8.37. The van der Waals surface area contributed by atoms with Gasteiger partial charge in [0.2, 0.25) is 24.4 Å². The third-order valence-electron chi connectivity index (χ3n) is 6.61. The number of rotatable bonds is 11. The number of alkyl halides is 1. The van der Waals surface area contributed by atoms with Crippen molar-refractivity contribution in [1.29, 1.82) is 0 Å². The van der Waals surface area contributed by atoms with Crippen LogP contribution in [0.5, 0.6) is 23.1 Å². The monoisotopic (exact) mass is 626 g/mol. The number of aliphatic hydroxyl groups excluding tert-OH is 1. The summed E-state index contributed by atoms with van der Waals surface area (Å²) in [5.74, 6) is -0.305. The number of imidazole rings is 1. The van der Waals surface area contributed by atoms with Crippen molar-refractivity contribution in [2.75, 3.05) is 26.2 Å². The molecule has 234 valence electrons. The highest BCUT2D eigenvalue weighted by atomic mass is 31.2. The molecule has 0 spiro atoms. The number of hydrogen-bond acceptors (Lipinski definition) is 14. The zero-order chi connectivity index (χ0) is 31.1. The van der Waals surface area contributed by atoms with E-state index in [4.69, 9.17) is 38.5 Å². The number of ether oxygens (including phenoxy) is 5. The number of anilines is 1. The number of esters is 1. The van der Waals surface area contributed by atoms with E-state index in [1.54, 1.807) is 26.0 Å². The molecule has 1 fully saturated rings. The van der Waals surface area contributed by atoms with E-state index in [9.17, 15) is 14.5 Å². The maximum absolute atomic E-state index is 16.1. The number of fused-ring (bicyclic) bond motifs is 2. The lowest BCUT2D eigenvalue weighted by atomic mass is 9.98. The van der Waals surface area contributed by atoms with Gasteiger partial charge in [0.05, 0.1) is 26.1 Å². The smallest absolute Gasteiger partial charge is 0.459 e. The quantitative estimate of drug-likeness (QED) is 0.207. The Labute approximate surface area is 245 Å². The average Bonchev–Trinajstić information content (AvgIpc) is 3.64. The molecule has 5 rings (SSSR count). The lowest BCUT2D eigenvalue weighted by Gasteiger charge is -2.25. The minimum absolute atomic E-state index is 0.00698. The van der Waals surface area contributed by atoms with Crippen LogP contribution in [0.2, 0.25) is 0 Å². The Morgan fingerprint density at radius 3 is 2.81 bits per heavy atom. The highest BCUT2D eigenvalue weighted by molar-refractivity contribution is 7.52. The molecule has 0 radical (unpaired) electrons. The maximum atomic E-state index is 16.1. The number of nitrogens with zero attached hydrogens (tertiary/aromatic N) is 4. The fraction of sp³-hybridized carbons (Fsp3) is 0.520. The lowest BCUT2D eigenvalue weighted by molar-refractivity contribution is -0.149. The number of nitrogen functional groups attached to an aromatic ring is 1. The van der Waals surface area contributed by atoms with Crippen LogP contribution in [0.25, 0.3) is 11.2 Å². The van der Waals surface area contributed by atoms with Gasteiger partial charge in [0.1, 0.15) is 18.2 Å². The van der Waals surface area contributed by atoms with Crippen LogP contribution in [0.1, 0.15) is 33.9 Å². The molecule has 1 aromatic carbocycles. The van der Waals surface area contributed by atoms with Gasteiger partial charge in [-0.3, -0.25) is 13.9 Å². The summed E-state index contributed by atoms with van der Waals surface area (Å²) >= 11 is 0. The lowest BCUT2D eigenvalue weighted by Crippen LogP contribution is -2.41. The third kappa shape index (κ3) is 6.03. The van der Waals surface area contributed by atoms with Crippen molar-refractivity contribution in [3.8, 4) is 23.1 Å². The number of para-hydroxylation sites is 1. The van der Waals surface area contributed by atoms with Crippen LogP contribution in [0, 0.1) is 0 Å². The van der Waals surface area contributed by atoms with E-state index in [-0.39, 0.29) is 41.3 Å². The second kappa shape index (κ2) is 11.7. The molecule has 2 aliphatic heterocycles. The molecule has 2 aromatic heterocycles. The van der Waals surface area contributed by atoms with Gasteiger partial charge in [0.25, 0.3) is 0 Å². The van der Waals surface area contributed by atoms with Gasteiger partial charge in [-0.15, -0.1) is 0 Å². The summed E-state index contributed by atoms with van der Waals surface area (Å²) in [6.07, 6.45) is -3.80. The predicted molar refractivity (Wildman–Crippen MR) is 146 cm³/mol. The second-order valence-electron chi connectivity index (χ2n) is 10.2. The number of carbonyl (C=O) groups excluding carboxylic acids is 1. The van der Waals surface area contributed by atoms with Gasteiger partial charge in [-0.1, -0.05) is 6.07 Å². The molecule has 6 atom stereocenters. The number of hydrogen-bond donors (Lipinski definition) is 3. The first-order valence-electron chi connectivity index (χ1n) is 13.2. The number of nitrogens with two attached hydrogens (primary N) is 1. The maximum Gasteiger partial charge on any atom is 0.459 e. The highest BCUT2D eigenvalue weighted by Crippen LogP contribution is 2.52. The zero-order valence-corrected chi connectivity index (χ0v) is 24.8. The topological polar surface area (TPSA) is 201 Å². The predicted octanol–water partition coefficient (Wildman–Crippen LogP) is 2.27. The van der Waals surface area contributed by atoms with Crippen molar-refractivity contribution in [2.24, 2.45) is 0 Å². The highest BCUT2D eigenvalue weighted by Gasteiger charge is 2.56. The molecule has 0 saturated carbocycles.